The van der Waals surface area contributed by atoms with Crippen LogP contribution in [0.1, 0.15) is 30.1 Å². The van der Waals surface area contributed by atoms with E-state index >= 15 is 0 Å². The molecule has 2 aliphatic rings. The smallest absolute Gasteiger partial charge is 0.253 e. The Morgan fingerprint density at radius 3 is 2.47 bits per heavy atom. The molecule has 0 radical (unpaired) electrons. The number of anilines is 1. The van der Waals surface area contributed by atoms with Gasteiger partial charge in [0.1, 0.15) is 5.75 Å². The molecule has 0 unspecified atom stereocenters. The first kappa shape index (κ1) is 23.1. The second-order valence-electron chi connectivity index (χ2n) is 8.62. The summed E-state index contributed by atoms with van der Waals surface area (Å²) < 4.78 is 33.5. The number of hydrogen-bond donors (Lipinski definition) is 0. The Bertz CT molecular complexity index is 1290. The van der Waals surface area contributed by atoms with Crippen molar-refractivity contribution in [2.24, 2.45) is 0 Å². The van der Waals surface area contributed by atoms with Gasteiger partial charge in [-0.2, -0.15) is 4.31 Å². The highest BCUT2D eigenvalue weighted by molar-refractivity contribution is 7.89. The molecule has 34 heavy (non-hydrogen) atoms. The number of rotatable bonds is 7. The van der Waals surface area contributed by atoms with Gasteiger partial charge in [0.05, 0.1) is 21.7 Å². The molecule has 3 aromatic rings. The zero-order valence-electron chi connectivity index (χ0n) is 19.3. The molecule has 1 saturated heterocycles. The lowest BCUT2D eigenvalue weighted by atomic mass is 10.2. The minimum atomic E-state index is -3.51. The van der Waals surface area contributed by atoms with Crippen molar-refractivity contribution in [2.45, 2.75) is 30.7 Å². The molecule has 0 bridgehead atoms. The topological polar surface area (TPSA) is 83.0 Å². The lowest BCUT2D eigenvalue weighted by Gasteiger charge is -2.34. The fourth-order valence-corrected chi connectivity index (χ4v) is 6.60. The van der Waals surface area contributed by atoms with Crippen LogP contribution in [0.15, 0.2) is 47.4 Å². The minimum absolute atomic E-state index is 0.0789. The first-order valence-electron chi connectivity index (χ1n) is 11.5. The second-order valence-corrected chi connectivity index (χ2v) is 11.6. The fourth-order valence-electron chi connectivity index (χ4n) is 4.14. The van der Waals surface area contributed by atoms with Gasteiger partial charge in [0.15, 0.2) is 5.13 Å². The van der Waals surface area contributed by atoms with Gasteiger partial charge in [-0.15, -0.1) is 0 Å². The van der Waals surface area contributed by atoms with Crippen LogP contribution < -0.4 is 9.64 Å². The molecule has 2 heterocycles. The molecule has 8 nitrogen and oxygen atoms in total. The van der Waals surface area contributed by atoms with Crippen molar-refractivity contribution in [3.05, 3.63) is 48.0 Å². The first-order chi connectivity index (χ1) is 16.4. The van der Waals surface area contributed by atoms with Gasteiger partial charge in [-0.1, -0.05) is 11.3 Å². The third-order valence-electron chi connectivity index (χ3n) is 6.34. The molecule has 0 atom stereocenters. The van der Waals surface area contributed by atoms with Crippen molar-refractivity contribution in [3.63, 3.8) is 0 Å². The van der Waals surface area contributed by atoms with Gasteiger partial charge in [-0.3, -0.25) is 4.79 Å². The van der Waals surface area contributed by atoms with Gasteiger partial charge in [0.25, 0.3) is 5.91 Å². The largest absolute Gasteiger partial charge is 0.494 e. The van der Waals surface area contributed by atoms with Crippen LogP contribution in [0.5, 0.6) is 5.75 Å². The summed E-state index contributed by atoms with van der Waals surface area (Å²) in [7, 11) is -1.89. The molecule has 1 saturated carbocycles. The number of sulfonamides is 1. The van der Waals surface area contributed by atoms with Gasteiger partial charge in [0, 0.05) is 44.8 Å². The number of thiazole rings is 1. The molecule has 1 aliphatic carbocycles. The Morgan fingerprint density at radius 1 is 1.12 bits per heavy atom. The molecule has 1 aliphatic heterocycles. The van der Waals surface area contributed by atoms with E-state index in [-0.39, 0.29) is 16.8 Å². The van der Waals surface area contributed by atoms with Crippen molar-refractivity contribution in [2.75, 3.05) is 44.7 Å². The number of nitrogens with zero attached hydrogens (tertiary/aromatic N) is 4. The number of amides is 1. The molecule has 1 aromatic heterocycles. The van der Waals surface area contributed by atoms with Crippen LogP contribution in [0.25, 0.3) is 10.2 Å². The van der Waals surface area contributed by atoms with E-state index in [0.29, 0.717) is 38.3 Å². The van der Waals surface area contributed by atoms with E-state index < -0.39 is 10.0 Å². The molecular weight excluding hydrogens is 472 g/mol. The summed E-state index contributed by atoms with van der Waals surface area (Å²) in [6, 6.07) is 12.3. The third kappa shape index (κ3) is 4.49. The number of aromatic nitrogens is 1. The van der Waals surface area contributed by atoms with Crippen LogP contribution in [-0.2, 0) is 10.0 Å². The zero-order valence-corrected chi connectivity index (χ0v) is 20.9. The van der Waals surface area contributed by atoms with E-state index in [1.807, 2.05) is 30.0 Å². The van der Waals surface area contributed by atoms with Crippen molar-refractivity contribution in [1.82, 2.24) is 14.2 Å². The number of fused-ring (bicyclic) bond motifs is 1. The van der Waals surface area contributed by atoms with Crippen molar-refractivity contribution < 1.29 is 17.9 Å². The molecule has 180 valence electrons. The number of carbonyl (C=O) groups is 1. The molecule has 0 N–H and O–H groups in total. The molecule has 10 heteroatoms. The Hall–Kier alpha value is -2.69. The average Bonchev–Trinajstić information content (AvgIpc) is 3.62. The number of ether oxygens (including phenoxy) is 1. The van der Waals surface area contributed by atoms with Gasteiger partial charge in [-0.05, 0) is 62.2 Å². The Labute approximate surface area is 203 Å². The van der Waals surface area contributed by atoms with Gasteiger partial charge >= 0.3 is 0 Å². The van der Waals surface area contributed by atoms with Crippen molar-refractivity contribution in [1.29, 1.82) is 0 Å². The Balaban J connectivity index is 1.22. The average molecular weight is 501 g/mol. The molecule has 1 amide bonds. The maximum Gasteiger partial charge on any atom is 0.253 e. The van der Waals surface area contributed by atoms with E-state index in [0.717, 1.165) is 33.9 Å². The van der Waals surface area contributed by atoms with Crippen LogP contribution >= 0.6 is 11.3 Å². The number of carbonyl (C=O) groups excluding carboxylic acids is 1. The van der Waals surface area contributed by atoms with Crippen LogP contribution in [0.2, 0.25) is 0 Å². The minimum Gasteiger partial charge on any atom is -0.494 e. The predicted molar refractivity (Wildman–Crippen MR) is 133 cm³/mol. The van der Waals surface area contributed by atoms with E-state index in [4.69, 9.17) is 9.72 Å². The zero-order chi connectivity index (χ0) is 23.9. The number of piperazine rings is 1. The third-order valence-corrected chi connectivity index (χ3v) is 9.34. The van der Waals surface area contributed by atoms with Crippen LogP contribution in [0, 0.1) is 0 Å². The van der Waals surface area contributed by atoms with Crippen LogP contribution in [0.3, 0.4) is 0 Å². The summed E-state index contributed by atoms with van der Waals surface area (Å²) in [5, 5.41) is 0.949. The van der Waals surface area contributed by atoms with E-state index in [1.54, 1.807) is 30.5 Å². The standard InChI is InChI=1S/C24H28N4O4S2/c1-3-32-19-8-11-21-22(16-19)33-24(25-21)28-14-12-27(13-15-28)23(29)17-4-9-20(10-5-17)34(30,31)26(2)18-6-7-18/h4-5,8-11,16,18H,3,6-7,12-15H2,1-2H3. The Kier molecular flexibility index (Phi) is 6.22. The number of benzene rings is 2. The van der Waals surface area contributed by atoms with Gasteiger partial charge in [0.2, 0.25) is 10.0 Å². The van der Waals surface area contributed by atoms with Crippen molar-refractivity contribution >= 4 is 42.6 Å². The highest BCUT2D eigenvalue weighted by Gasteiger charge is 2.35. The normalized spacial score (nSPS) is 16.9. The molecule has 5 rings (SSSR count). The number of hydrogen-bond acceptors (Lipinski definition) is 7. The summed E-state index contributed by atoms with van der Waals surface area (Å²) in [6.07, 6.45) is 1.81. The predicted octanol–water partition coefficient (Wildman–Crippen LogP) is 3.44. The van der Waals surface area contributed by atoms with Gasteiger partial charge in [-0.25, -0.2) is 13.4 Å². The first-order valence-corrected chi connectivity index (χ1v) is 13.8. The summed E-state index contributed by atoms with van der Waals surface area (Å²) in [6.45, 7) is 5.16. The van der Waals surface area contributed by atoms with Crippen LogP contribution in [0.4, 0.5) is 5.13 Å². The molecule has 2 aromatic carbocycles. The molecular formula is C24H28N4O4S2. The lowest BCUT2D eigenvalue weighted by Crippen LogP contribution is -2.48. The lowest BCUT2D eigenvalue weighted by molar-refractivity contribution is 0.0746. The quantitative estimate of drug-likeness (QED) is 0.494. The maximum absolute atomic E-state index is 13.0. The van der Waals surface area contributed by atoms with E-state index in [1.165, 1.54) is 16.4 Å². The highest BCUT2D eigenvalue weighted by Crippen LogP contribution is 2.32. The fraction of sp³-hybridized carbons (Fsp3) is 0.417. The summed E-state index contributed by atoms with van der Waals surface area (Å²) in [4.78, 5) is 22.0. The Morgan fingerprint density at radius 2 is 1.82 bits per heavy atom. The summed E-state index contributed by atoms with van der Waals surface area (Å²) in [5.41, 5.74) is 1.45. The SMILES string of the molecule is CCOc1ccc2nc(N3CCN(C(=O)c4ccc(S(=O)(=O)N(C)C5CC5)cc4)CC3)sc2c1. The van der Waals surface area contributed by atoms with E-state index in [9.17, 15) is 13.2 Å². The molecule has 0 spiro atoms. The van der Waals surface area contributed by atoms with Crippen LogP contribution in [-0.4, -0.2) is 74.4 Å². The summed E-state index contributed by atoms with van der Waals surface area (Å²) in [5.74, 6) is 0.767. The second kappa shape index (κ2) is 9.16. The maximum atomic E-state index is 13.0. The van der Waals surface area contributed by atoms with E-state index in [2.05, 4.69) is 4.90 Å². The molecule has 2 fully saturated rings. The van der Waals surface area contributed by atoms with Crippen molar-refractivity contribution in [3.8, 4) is 5.75 Å². The monoisotopic (exact) mass is 500 g/mol. The highest BCUT2D eigenvalue weighted by atomic mass is 32.2. The van der Waals surface area contributed by atoms with Gasteiger partial charge < -0.3 is 14.5 Å². The summed E-state index contributed by atoms with van der Waals surface area (Å²) >= 11 is 1.63.